The summed E-state index contributed by atoms with van der Waals surface area (Å²) >= 11 is 16.6. The quantitative estimate of drug-likeness (QED) is 0.413. The Morgan fingerprint density at radius 3 is 2.07 bits per heavy atom. The molecule has 1 rings (SSSR count). The van der Waals surface area contributed by atoms with E-state index in [2.05, 4.69) is 0 Å². The standard InChI is InChI=1S/C8H11Cl3O3/c1-7(2,3)14-6(12)4-5(13-4)8(9,10)11/h4-5H,1-3H3. The fraction of sp³-hybridized carbons (Fsp3) is 0.875. The highest BCUT2D eigenvalue weighted by Crippen LogP contribution is 2.44. The Balaban J connectivity index is 2.45. The summed E-state index contributed by atoms with van der Waals surface area (Å²) in [6, 6.07) is 0. The largest absolute Gasteiger partial charge is 0.458 e. The molecule has 0 radical (unpaired) electrons. The predicted molar refractivity (Wildman–Crippen MR) is 54.8 cm³/mol. The number of halogens is 3. The number of epoxide rings is 1. The maximum absolute atomic E-state index is 11.4. The zero-order valence-corrected chi connectivity index (χ0v) is 10.3. The van der Waals surface area contributed by atoms with Gasteiger partial charge < -0.3 is 9.47 Å². The highest BCUT2D eigenvalue weighted by atomic mass is 35.6. The lowest BCUT2D eigenvalue weighted by Crippen LogP contribution is -2.29. The minimum absolute atomic E-state index is 0.492. The van der Waals surface area contributed by atoms with Crippen LogP contribution in [0.25, 0.3) is 0 Å². The van der Waals surface area contributed by atoms with E-state index in [1.54, 1.807) is 20.8 Å². The molecule has 0 amide bonds. The summed E-state index contributed by atoms with van der Waals surface area (Å²) in [5, 5.41) is 0. The van der Waals surface area contributed by atoms with Crippen LogP contribution in [-0.2, 0) is 14.3 Å². The first-order chi connectivity index (χ1) is 6.11. The molecule has 0 aliphatic carbocycles. The Hall–Kier alpha value is 0.300. The lowest BCUT2D eigenvalue weighted by Gasteiger charge is -2.18. The van der Waals surface area contributed by atoms with E-state index in [0.717, 1.165) is 0 Å². The molecular formula is C8H11Cl3O3. The Morgan fingerprint density at radius 2 is 1.79 bits per heavy atom. The van der Waals surface area contributed by atoms with Gasteiger partial charge in [0.15, 0.2) is 6.10 Å². The van der Waals surface area contributed by atoms with Gasteiger partial charge in [-0.15, -0.1) is 0 Å². The monoisotopic (exact) mass is 260 g/mol. The first kappa shape index (κ1) is 12.4. The van der Waals surface area contributed by atoms with Crippen LogP contribution in [0.5, 0.6) is 0 Å². The van der Waals surface area contributed by atoms with E-state index in [1.165, 1.54) is 0 Å². The zero-order valence-electron chi connectivity index (χ0n) is 8.01. The second-order valence-corrected chi connectivity index (χ2v) is 6.42. The van der Waals surface area contributed by atoms with E-state index in [9.17, 15) is 4.79 Å². The number of carbonyl (C=O) groups excluding carboxylic acids is 1. The predicted octanol–water partition coefficient (Wildman–Crippen LogP) is 2.47. The van der Waals surface area contributed by atoms with Crippen LogP contribution in [-0.4, -0.2) is 27.6 Å². The number of ether oxygens (including phenoxy) is 2. The molecule has 0 aromatic carbocycles. The van der Waals surface area contributed by atoms with Crippen LogP contribution in [0.15, 0.2) is 0 Å². The van der Waals surface area contributed by atoms with Crippen molar-refractivity contribution in [1.29, 1.82) is 0 Å². The topological polar surface area (TPSA) is 38.8 Å². The maximum Gasteiger partial charge on any atom is 0.338 e. The highest BCUT2D eigenvalue weighted by molar-refractivity contribution is 6.68. The molecule has 0 spiro atoms. The number of esters is 1. The van der Waals surface area contributed by atoms with Crippen molar-refractivity contribution in [2.24, 2.45) is 0 Å². The molecule has 0 saturated carbocycles. The molecule has 14 heavy (non-hydrogen) atoms. The van der Waals surface area contributed by atoms with Crippen LogP contribution in [0.3, 0.4) is 0 Å². The van der Waals surface area contributed by atoms with Crippen LogP contribution in [0.4, 0.5) is 0 Å². The van der Waals surface area contributed by atoms with Gasteiger partial charge in [0.05, 0.1) is 0 Å². The lowest BCUT2D eigenvalue weighted by molar-refractivity contribution is -0.156. The van der Waals surface area contributed by atoms with Gasteiger partial charge >= 0.3 is 5.97 Å². The van der Waals surface area contributed by atoms with Gasteiger partial charge in [0.2, 0.25) is 3.79 Å². The molecule has 0 N–H and O–H groups in total. The van der Waals surface area contributed by atoms with Crippen molar-refractivity contribution < 1.29 is 14.3 Å². The highest BCUT2D eigenvalue weighted by Gasteiger charge is 2.58. The molecule has 1 aliphatic rings. The molecule has 6 heteroatoms. The van der Waals surface area contributed by atoms with Crippen molar-refractivity contribution in [1.82, 2.24) is 0 Å². The summed E-state index contributed by atoms with van der Waals surface area (Å²) < 4.78 is 8.40. The second-order valence-electron chi connectivity index (χ2n) is 4.05. The number of carbonyl (C=O) groups is 1. The summed E-state index contributed by atoms with van der Waals surface area (Å²) in [5.74, 6) is -0.492. The van der Waals surface area contributed by atoms with Gasteiger partial charge in [-0.05, 0) is 20.8 Å². The summed E-state index contributed by atoms with van der Waals surface area (Å²) in [6.07, 6.45) is -1.44. The van der Waals surface area contributed by atoms with Crippen molar-refractivity contribution in [2.45, 2.75) is 42.4 Å². The van der Waals surface area contributed by atoms with E-state index >= 15 is 0 Å². The molecule has 1 fully saturated rings. The van der Waals surface area contributed by atoms with Crippen molar-refractivity contribution in [3.8, 4) is 0 Å². The van der Waals surface area contributed by atoms with E-state index in [1.807, 2.05) is 0 Å². The van der Waals surface area contributed by atoms with E-state index in [-0.39, 0.29) is 0 Å². The molecule has 0 aromatic heterocycles. The molecule has 2 atom stereocenters. The van der Waals surface area contributed by atoms with Gasteiger partial charge in [-0.1, -0.05) is 34.8 Å². The molecule has 1 heterocycles. The van der Waals surface area contributed by atoms with E-state index in [4.69, 9.17) is 44.3 Å². The fourth-order valence-electron chi connectivity index (χ4n) is 0.900. The van der Waals surface area contributed by atoms with E-state index < -0.39 is 27.6 Å². The van der Waals surface area contributed by atoms with Crippen molar-refractivity contribution >= 4 is 40.8 Å². The first-order valence-electron chi connectivity index (χ1n) is 4.06. The molecule has 0 bridgehead atoms. The van der Waals surface area contributed by atoms with Gasteiger partial charge in [-0.25, -0.2) is 4.79 Å². The number of hydrogen-bond donors (Lipinski definition) is 0. The number of rotatable bonds is 1. The zero-order chi connectivity index (χ0) is 11.1. The van der Waals surface area contributed by atoms with Crippen molar-refractivity contribution in [2.75, 3.05) is 0 Å². The van der Waals surface area contributed by atoms with Gasteiger partial charge in [-0.2, -0.15) is 0 Å². The second kappa shape index (κ2) is 3.71. The Kier molecular flexibility index (Phi) is 3.27. The Morgan fingerprint density at radius 1 is 1.29 bits per heavy atom. The normalized spacial score (nSPS) is 27.3. The molecule has 0 aromatic rings. The molecule has 1 aliphatic heterocycles. The SMILES string of the molecule is CC(C)(C)OC(=O)C1OC1C(Cl)(Cl)Cl. The number of hydrogen-bond acceptors (Lipinski definition) is 3. The van der Waals surface area contributed by atoms with Gasteiger partial charge in [0.1, 0.15) is 11.7 Å². The molecule has 3 nitrogen and oxygen atoms in total. The van der Waals surface area contributed by atoms with Gasteiger partial charge in [0.25, 0.3) is 0 Å². The minimum Gasteiger partial charge on any atom is -0.458 e. The average molecular weight is 262 g/mol. The maximum atomic E-state index is 11.4. The Bertz CT molecular complexity index is 241. The molecule has 1 saturated heterocycles. The third-order valence-electron chi connectivity index (χ3n) is 1.45. The lowest BCUT2D eigenvalue weighted by atomic mass is 10.2. The Labute approximate surface area is 97.6 Å². The summed E-state index contributed by atoms with van der Waals surface area (Å²) in [7, 11) is 0. The fourth-order valence-corrected chi connectivity index (χ4v) is 1.40. The summed E-state index contributed by atoms with van der Waals surface area (Å²) in [4.78, 5) is 11.4. The van der Waals surface area contributed by atoms with E-state index in [0.29, 0.717) is 0 Å². The smallest absolute Gasteiger partial charge is 0.338 e. The third-order valence-corrected chi connectivity index (χ3v) is 2.10. The molecule has 2 unspecified atom stereocenters. The summed E-state index contributed by atoms with van der Waals surface area (Å²) in [6.45, 7) is 5.28. The molecular weight excluding hydrogens is 250 g/mol. The van der Waals surface area contributed by atoms with Crippen molar-refractivity contribution in [3.63, 3.8) is 0 Å². The minimum atomic E-state index is -1.57. The number of alkyl halides is 3. The van der Waals surface area contributed by atoms with Gasteiger partial charge in [-0.3, -0.25) is 0 Å². The van der Waals surface area contributed by atoms with Gasteiger partial charge in [0, 0.05) is 0 Å². The van der Waals surface area contributed by atoms with Crippen LogP contribution >= 0.6 is 34.8 Å². The van der Waals surface area contributed by atoms with Crippen molar-refractivity contribution in [3.05, 3.63) is 0 Å². The van der Waals surface area contributed by atoms with Crippen LogP contribution < -0.4 is 0 Å². The van der Waals surface area contributed by atoms with Crippen LogP contribution in [0.2, 0.25) is 0 Å². The average Bonchev–Trinajstić information content (AvgIpc) is 2.55. The molecule has 82 valence electrons. The summed E-state index contributed by atoms with van der Waals surface area (Å²) in [5.41, 5.74) is -0.554. The first-order valence-corrected chi connectivity index (χ1v) is 5.20. The van der Waals surface area contributed by atoms with Crippen LogP contribution in [0, 0.1) is 0 Å². The third kappa shape index (κ3) is 3.46. The van der Waals surface area contributed by atoms with Crippen LogP contribution in [0.1, 0.15) is 20.8 Å².